The first-order valence-corrected chi connectivity index (χ1v) is 9.67. The fraction of sp³-hybridized carbons (Fsp3) is 0.333. The van der Waals surface area contributed by atoms with Gasteiger partial charge in [-0.3, -0.25) is 4.90 Å². The molecule has 0 aliphatic carbocycles. The Hall–Kier alpha value is -1.09. The lowest BCUT2D eigenvalue weighted by Crippen LogP contribution is -2.45. The summed E-state index contributed by atoms with van der Waals surface area (Å²) >= 11 is 7.03. The van der Waals surface area contributed by atoms with Gasteiger partial charge in [0.1, 0.15) is 5.75 Å². The number of hydrogen-bond donors (Lipinski definition) is 1. The van der Waals surface area contributed by atoms with Gasteiger partial charge in [-0.15, -0.1) is 13.2 Å². The fourth-order valence-corrected chi connectivity index (χ4v) is 4.47. The number of ether oxygens (including phenoxy) is 1. The molecule has 2 aromatic rings. The number of rotatable bonds is 4. The summed E-state index contributed by atoms with van der Waals surface area (Å²) in [6.45, 7) is 3.47. The van der Waals surface area contributed by atoms with Gasteiger partial charge in [-0.2, -0.15) is 0 Å². The molecule has 0 bridgehead atoms. The van der Waals surface area contributed by atoms with Crippen LogP contribution in [0.25, 0.3) is 0 Å². The van der Waals surface area contributed by atoms with Crippen molar-refractivity contribution in [1.82, 2.24) is 10.2 Å². The Labute approximate surface area is 166 Å². The highest BCUT2D eigenvalue weighted by Gasteiger charge is 2.31. The van der Waals surface area contributed by atoms with Gasteiger partial charge in [0.25, 0.3) is 0 Å². The van der Waals surface area contributed by atoms with E-state index >= 15 is 0 Å². The quantitative estimate of drug-likeness (QED) is 0.640. The van der Waals surface area contributed by atoms with E-state index in [-0.39, 0.29) is 11.8 Å². The standard InChI is InChI=1S/C18H17Br2F3N2O/c19-14-9-13(10-15(20)11-14)17(25-7-5-24-6-8-25)12-1-3-16(4-2-12)26-18(21,22)23/h1-4,9-11,17,24H,5-8H2/t17-/m0/s1. The predicted octanol–water partition coefficient (Wildman–Crippen LogP) is 5.10. The molecule has 0 aromatic heterocycles. The third-order valence-corrected chi connectivity index (χ3v) is 5.06. The molecule has 0 unspecified atom stereocenters. The minimum atomic E-state index is -4.69. The summed E-state index contributed by atoms with van der Waals surface area (Å²) in [5.74, 6) is -0.212. The molecule has 0 spiro atoms. The predicted molar refractivity (Wildman–Crippen MR) is 101 cm³/mol. The molecular weight excluding hydrogens is 477 g/mol. The van der Waals surface area contributed by atoms with E-state index in [4.69, 9.17) is 0 Å². The molecule has 1 fully saturated rings. The van der Waals surface area contributed by atoms with Crippen molar-refractivity contribution in [3.8, 4) is 5.75 Å². The van der Waals surface area contributed by atoms with Gasteiger partial charge in [0.2, 0.25) is 0 Å². The van der Waals surface area contributed by atoms with Crippen LogP contribution in [0.1, 0.15) is 17.2 Å². The third kappa shape index (κ3) is 5.22. The molecule has 0 amide bonds. The second-order valence-electron chi connectivity index (χ2n) is 6.01. The van der Waals surface area contributed by atoms with Gasteiger partial charge in [0.15, 0.2) is 0 Å². The van der Waals surface area contributed by atoms with Gasteiger partial charge >= 0.3 is 6.36 Å². The van der Waals surface area contributed by atoms with Gasteiger partial charge in [0, 0.05) is 35.1 Å². The van der Waals surface area contributed by atoms with Crippen LogP contribution in [0.4, 0.5) is 13.2 Å². The Bertz CT molecular complexity index is 727. The van der Waals surface area contributed by atoms with Crippen molar-refractivity contribution in [3.05, 3.63) is 62.5 Å². The van der Waals surface area contributed by atoms with Crippen molar-refractivity contribution in [2.24, 2.45) is 0 Å². The maximum absolute atomic E-state index is 12.4. The number of hydrogen-bond acceptors (Lipinski definition) is 3. The molecule has 3 nitrogen and oxygen atoms in total. The third-order valence-electron chi connectivity index (χ3n) is 4.15. The highest BCUT2D eigenvalue weighted by atomic mass is 79.9. The number of nitrogens with one attached hydrogen (secondary N) is 1. The molecule has 1 aliphatic heterocycles. The maximum atomic E-state index is 12.4. The SMILES string of the molecule is FC(F)(F)Oc1ccc([C@@H](c2cc(Br)cc(Br)c2)N2CCNCC2)cc1. The molecule has 1 heterocycles. The summed E-state index contributed by atoms with van der Waals surface area (Å²) < 4.78 is 43.1. The van der Waals surface area contributed by atoms with Crippen LogP contribution in [-0.2, 0) is 0 Å². The zero-order valence-electron chi connectivity index (χ0n) is 13.7. The molecule has 0 saturated carbocycles. The number of halogens is 5. The van der Waals surface area contributed by atoms with E-state index in [1.54, 1.807) is 12.1 Å². The minimum Gasteiger partial charge on any atom is -0.406 e. The molecule has 3 rings (SSSR count). The summed E-state index contributed by atoms with van der Waals surface area (Å²) in [6, 6.07) is 12.1. The highest BCUT2D eigenvalue weighted by molar-refractivity contribution is 9.11. The van der Waals surface area contributed by atoms with Gasteiger partial charge in [-0.25, -0.2) is 0 Å². The molecule has 1 aliphatic rings. The van der Waals surface area contributed by atoms with E-state index in [9.17, 15) is 13.2 Å². The Morgan fingerprint density at radius 2 is 1.50 bits per heavy atom. The molecule has 1 saturated heterocycles. The largest absolute Gasteiger partial charge is 0.573 e. The van der Waals surface area contributed by atoms with E-state index in [1.807, 2.05) is 18.2 Å². The van der Waals surface area contributed by atoms with Crippen molar-refractivity contribution in [1.29, 1.82) is 0 Å². The summed E-state index contributed by atoms with van der Waals surface area (Å²) in [7, 11) is 0. The zero-order valence-corrected chi connectivity index (χ0v) is 16.9. The molecule has 26 heavy (non-hydrogen) atoms. The van der Waals surface area contributed by atoms with Crippen LogP contribution in [0, 0.1) is 0 Å². The zero-order chi connectivity index (χ0) is 18.7. The Morgan fingerprint density at radius 3 is 2.04 bits per heavy atom. The number of nitrogens with zero attached hydrogens (tertiary/aromatic N) is 1. The molecule has 2 aromatic carbocycles. The Kier molecular flexibility index (Phi) is 6.27. The first kappa shape index (κ1) is 19.7. The lowest BCUT2D eigenvalue weighted by Gasteiger charge is -2.35. The van der Waals surface area contributed by atoms with Crippen LogP contribution in [-0.4, -0.2) is 37.4 Å². The molecule has 1 atom stereocenters. The van der Waals surface area contributed by atoms with Crippen molar-refractivity contribution in [2.75, 3.05) is 26.2 Å². The number of piperazine rings is 1. The second-order valence-corrected chi connectivity index (χ2v) is 7.84. The van der Waals surface area contributed by atoms with Crippen LogP contribution in [0.3, 0.4) is 0 Å². The van der Waals surface area contributed by atoms with E-state index < -0.39 is 6.36 Å². The summed E-state index contributed by atoms with van der Waals surface area (Å²) in [4.78, 5) is 2.32. The van der Waals surface area contributed by atoms with Crippen LogP contribution >= 0.6 is 31.9 Å². The number of alkyl halides is 3. The van der Waals surface area contributed by atoms with Gasteiger partial charge < -0.3 is 10.1 Å². The highest BCUT2D eigenvalue weighted by Crippen LogP contribution is 2.34. The monoisotopic (exact) mass is 492 g/mol. The summed E-state index contributed by atoms with van der Waals surface area (Å²) in [5, 5.41) is 3.32. The lowest BCUT2D eigenvalue weighted by atomic mass is 9.96. The van der Waals surface area contributed by atoms with Gasteiger partial charge in [-0.05, 0) is 41.5 Å². The van der Waals surface area contributed by atoms with E-state index in [1.165, 1.54) is 12.1 Å². The molecular formula is C18H17Br2F3N2O. The van der Waals surface area contributed by atoms with Crippen LogP contribution < -0.4 is 10.1 Å². The first-order valence-electron chi connectivity index (χ1n) is 8.08. The molecule has 140 valence electrons. The van der Waals surface area contributed by atoms with Gasteiger partial charge in [-0.1, -0.05) is 44.0 Å². The molecule has 1 N–H and O–H groups in total. The number of benzene rings is 2. The average Bonchev–Trinajstić information content (AvgIpc) is 2.55. The smallest absolute Gasteiger partial charge is 0.406 e. The van der Waals surface area contributed by atoms with Crippen LogP contribution in [0.2, 0.25) is 0 Å². The van der Waals surface area contributed by atoms with Crippen molar-refractivity contribution >= 4 is 31.9 Å². The molecule has 8 heteroatoms. The second kappa shape index (κ2) is 8.29. The average molecular weight is 494 g/mol. The van der Waals surface area contributed by atoms with E-state index in [2.05, 4.69) is 46.8 Å². The molecule has 0 radical (unpaired) electrons. The van der Waals surface area contributed by atoms with Crippen molar-refractivity contribution < 1.29 is 17.9 Å². The van der Waals surface area contributed by atoms with Crippen LogP contribution in [0.15, 0.2) is 51.4 Å². The van der Waals surface area contributed by atoms with Crippen molar-refractivity contribution in [3.63, 3.8) is 0 Å². The topological polar surface area (TPSA) is 24.5 Å². The normalized spacial score (nSPS) is 17.1. The van der Waals surface area contributed by atoms with Gasteiger partial charge in [0.05, 0.1) is 6.04 Å². The van der Waals surface area contributed by atoms with Crippen molar-refractivity contribution in [2.45, 2.75) is 12.4 Å². The van der Waals surface area contributed by atoms with E-state index in [0.717, 1.165) is 46.3 Å². The summed E-state index contributed by atoms with van der Waals surface area (Å²) in [6.07, 6.45) is -4.69. The van der Waals surface area contributed by atoms with Crippen LogP contribution in [0.5, 0.6) is 5.75 Å². The first-order chi connectivity index (χ1) is 12.3. The lowest BCUT2D eigenvalue weighted by molar-refractivity contribution is -0.274. The maximum Gasteiger partial charge on any atom is 0.573 e. The Morgan fingerprint density at radius 1 is 0.923 bits per heavy atom. The fourth-order valence-electron chi connectivity index (χ4n) is 3.14. The van der Waals surface area contributed by atoms with E-state index in [0.29, 0.717) is 0 Å². The summed E-state index contributed by atoms with van der Waals surface area (Å²) in [5.41, 5.74) is 1.99. The minimum absolute atomic E-state index is 0.0502. The Balaban J connectivity index is 1.94.